The number of fused-ring (bicyclic) bond motifs is 1. The zero-order valence-corrected chi connectivity index (χ0v) is 16.0. The summed E-state index contributed by atoms with van der Waals surface area (Å²) < 4.78 is 13.1. The summed E-state index contributed by atoms with van der Waals surface area (Å²) in [6, 6.07) is 0. The molecule has 0 aromatic carbocycles. The van der Waals surface area contributed by atoms with Crippen LogP contribution in [0.1, 0.15) is 55.5 Å². The average Bonchev–Trinajstić information content (AvgIpc) is 2.85. The van der Waals surface area contributed by atoms with Gasteiger partial charge in [0.25, 0.3) is 5.91 Å². The summed E-state index contributed by atoms with van der Waals surface area (Å²) in [7, 11) is 1.83. The summed E-state index contributed by atoms with van der Waals surface area (Å²) in [5.41, 5.74) is 2.59. The van der Waals surface area contributed by atoms with Crippen LogP contribution < -0.4 is 5.32 Å². The van der Waals surface area contributed by atoms with Crippen LogP contribution in [0.5, 0.6) is 0 Å². The van der Waals surface area contributed by atoms with Crippen molar-refractivity contribution in [3.8, 4) is 0 Å². The van der Waals surface area contributed by atoms with Gasteiger partial charge in [-0.1, -0.05) is 0 Å². The maximum absolute atomic E-state index is 12.8. The van der Waals surface area contributed by atoms with Crippen LogP contribution in [0.2, 0.25) is 0 Å². The lowest BCUT2D eigenvalue weighted by molar-refractivity contribution is -0.0498. The van der Waals surface area contributed by atoms with E-state index in [1.807, 2.05) is 20.9 Å². The number of carbonyl (C=O) groups excluding carboxylic acids is 1. The van der Waals surface area contributed by atoms with E-state index in [2.05, 4.69) is 29.2 Å². The van der Waals surface area contributed by atoms with Crippen LogP contribution in [0, 0.1) is 0 Å². The Kier molecular flexibility index (Phi) is 5.18. The fourth-order valence-electron chi connectivity index (χ4n) is 3.84. The first-order valence-electron chi connectivity index (χ1n) is 9.12. The molecule has 0 saturated carbocycles. The molecule has 2 atom stereocenters. The van der Waals surface area contributed by atoms with E-state index in [0.29, 0.717) is 12.2 Å². The molecule has 140 valence electrons. The van der Waals surface area contributed by atoms with Gasteiger partial charge in [0.1, 0.15) is 5.69 Å². The van der Waals surface area contributed by atoms with E-state index in [1.54, 1.807) is 4.68 Å². The summed E-state index contributed by atoms with van der Waals surface area (Å²) in [6.07, 6.45) is 0.764. The smallest absolute Gasteiger partial charge is 0.269 e. The van der Waals surface area contributed by atoms with Crippen molar-refractivity contribution in [2.24, 2.45) is 7.05 Å². The van der Waals surface area contributed by atoms with E-state index >= 15 is 0 Å². The first kappa shape index (κ1) is 18.4. The Morgan fingerprint density at radius 1 is 1.40 bits per heavy atom. The summed E-state index contributed by atoms with van der Waals surface area (Å²) in [6.45, 7) is 12.2. The quantitative estimate of drug-likeness (QED) is 0.886. The van der Waals surface area contributed by atoms with Gasteiger partial charge in [0.2, 0.25) is 0 Å². The Morgan fingerprint density at radius 2 is 2.16 bits per heavy atom. The minimum Gasteiger partial charge on any atom is -0.378 e. The molecule has 0 aliphatic carbocycles. The van der Waals surface area contributed by atoms with Gasteiger partial charge in [-0.25, -0.2) is 0 Å². The Balaban J connectivity index is 1.64. The van der Waals surface area contributed by atoms with Crippen molar-refractivity contribution in [2.75, 3.05) is 32.8 Å². The Hall–Kier alpha value is -1.44. The van der Waals surface area contributed by atoms with Crippen molar-refractivity contribution in [1.82, 2.24) is 20.0 Å². The molecule has 1 N–H and O–H groups in total. The van der Waals surface area contributed by atoms with E-state index in [1.165, 1.54) is 0 Å². The van der Waals surface area contributed by atoms with Gasteiger partial charge >= 0.3 is 0 Å². The third-order valence-corrected chi connectivity index (χ3v) is 5.19. The van der Waals surface area contributed by atoms with E-state index < -0.39 is 0 Å². The van der Waals surface area contributed by atoms with Crippen LogP contribution in [-0.4, -0.2) is 65.1 Å². The molecule has 2 aliphatic rings. The minimum atomic E-state index is -0.0688. The fourth-order valence-corrected chi connectivity index (χ4v) is 3.84. The Bertz CT molecular complexity index is 641. The first-order chi connectivity index (χ1) is 11.8. The number of rotatable bonds is 4. The maximum Gasteiger partial charge on any atom is 0.269 e. The molecule has 3 rings (SSSR count). The highest BCUT2D eigenvalue weighted by atomic mass is 16.5. The van der Waals surface area contributed by atoms with Crippen LogP contribution in [0.25, 0.3) is 0 Å². The molecular weight excluding hydrogens is 320 g/mol. The SMILES string of the molecule is C[C@@H]1Cc2c(nn(C)c2C(=O)NCCN2CCOCC2(C)C)[C@H](C)O1. The number of morpholine rings is 1. The summed E-state index contributed by atoms with van der Waals surface area (Å²) in [4.78, 5) is 15.1. The number of ether oxygens (including phenoxy) is 2. The topological polar surface area (TPSA) is 68.6 Å². The molecule has 1 aromatic heterocycles. The molecule has 7 heteroatoms. The lowest BCUT2D eigenvalue weighted by Gasteiger charge is -2.42. The highest BCUT2D eigenvalue weighted by molar-refractivity contribution is 5.94. The van der Waals surface area contributed by atoms with Crippen LogP contribution in [0.3, 0.4) is 0 Å². The van der Waals surface area contributed by atoms with Crippen LogP contribution in [0.15, 0.2) is 0 Å². The maximum atomic E-state index is 12.8. The van der Waals surface area contributed by atoms with Crippen molar-refractivity contribution in [3.05, 3.63) is 17.0 Å². The molecule has 1 saturated heterocycles. The molecular formula is C18H30N4O3. The van der Waals surface area contributed by atoms with E-state index in [-0.39, 0.29) is 23.7 Å². The van der Waals surface area contributed by atoms with Crippen LogP contribution in [-0.2, 0) is 22.9 Å². The fraction of sp³-hybridized carbons (Fsp3) is 0.778. The van der Waals surface area contributed by atoms with Crippen molar-refractivity contribution < 1.29 is 14.3 Å². The molecule has 7 nitrogen and oxygen atoms in total. The highest BCUT2D eigenvalue weighted by Crippen LogP contribution is 2.31. The zero-order chi connectivity index (χ0) is 18.2. The Morgan fingerprint density at radius 3 is 2.88 bits per heavy atom. The molecule has 0 unspecified atom stereocenters. The van der Waals surface area contributed by atoms with Gasteiger partial charge in [0.15, 0.2) is 0 Å². The zero-order valence-electron chi connectivity index (χ0n) is 16.0. The molecule has 3 heterocycles. The molecule has 25 heavy (non-hydrogen) atoms. The van der Waals surface area contributed by atoms with Gasteiger partial charge in [-0.3, -0.25) is 14.4 Å². The van der Waals surface area contributed by atoms with Crippen molar-refractivity contribution >= 4 is 5.91 Å². The van der Waals surface area contributed by atoms with Crippen molar-refractivity contribution in [3.63, 3.8) is 0 Å². The van der Waals surface area contributed by atoms with E-state index in [9.17, 15) is 4.79 Å². The number of aromatic nitrogens is 2. The van der Waals surface area contributed by atoms with Gasteiger partial charge < -0.3 is 14.8 Å². The number of amides is 1. The largest absolute Gasteiger partial charge is 0.378 e. The van der Waals surface area contributed by atoms with Gasteiger partial charge in [0, 0.05) is 44.2 Å². The molecule has 0 spiro atoms. The molecule has 2 aliphatic heterocycles. The summed E-state index contributed by atoms with van der Waals surface area (Å²) in [5.74, 6) is -0.0522. The van der Waals surface area contributed by atoms with Gasteiger partial charge in [-0.05, 0) is 27.7 Å². The van der Waals surface area contributed by atoms with Gasteiger partial charge in [0.05, 0.1) is 31.1 Å². The highest BCUT2D eigenvalue weighted by Gasteiger charge is 2.32. The second-order valence-electron chi connectivity index (χ2n) is 7.74. The minimum absolute atomic E-state index is 0.0108. The standard InChI is InChI=1S/C18H30N4O3/c1-12-10-14-15(13(2)25-12)20-21(5)16(14)17(23)19-6-7-22-8-9-24-11-18(22,3)4/h12-13H,6-11H2,1-5H3,(H,19,23)/t12-,13+/m1/s1. The molecule has 0 bridgehead atoms. The summed E-state index contributed by atoms with van der Waals surface area (Å²) >= 11 is 0. The Labute approximate surface area is 149 Å². The van der Waals surface area contributed by atoms with Crippen LogP contribution >= 0.6 is 0 Å². The van der Waals surface area contributed by atoms with E-state index in [4.69, 9.17) is 9.47 Å². The average molecular weight is 350 g/mol. The molecule has 1 amide bonds. The molecule has 0 radical (unpaired) electrons. The third kappa shape index (κ3) is 3.73. The number of carbonyl (C=O) groups is 1. The monoisotopic (exact) mass is 350 g/mol. The predicted molar refractivity (Wildman–Crippen MR) is 94.7 cm³/mol. The second-order valence-corrected chi connectivity index (χ2v) is 7.74. The second kappa shape index (κ2) is 7.05. The van der Waals surface area contributed by atoms with Gasteiger partial charge in [-0.2, -0.15) is 5.10 Å². The number of nitrogens with zero attached hydrogens (tertiary/aromatic N) is 3. The number of hydrogen-bond acceptors (Lipinski definition) is 5. The predicted octanol–water partition coefficient (Wildman–Crippen LogP) is 1.28. The van der Waals surface area contributed by atoms with Gasteiger partial charge in [-0.15, -0.1) is 0 Å². The lowest BCUT2D eigenvalue weighted by atomic mass is 9.99. The number of nitrogens with one attached hydrogen (secondary N) is 1. The normalized spacial score (nSPS) is 26.3. The third-order valence-electron chi connectivity index (χ3n) is 5.19. The van der Waals surface area contributed by atoms with Crippen molar-refractivity contribution in [1.29, 1.82) is 0 Å². The van der Waals surface area contributed by atoms with E-state index in [0.717, 1.165) is 44.0 Å². The molecule has 1 aromatic rings. The molecule has 1 fully saturated rings. The lowest BCUT2D eigenvalue weighted by Crippen LogP contribution is -2.54. The van der Waals surface area contributed by atoms with Crippen molar-refractivity contribution in [2.45, 2.75) is 51.9 Å². The number of aryl methyl sites for hydroxylation is 1. The van der Waals surface area contributed by atoms with Crippen LogP contribution in [0.4, 0.5) is 0 Å². The number of hydrogen-bond donors (Lipinski definition) is 1. The first-order valence-corrected chi connectivity index (χ1v) is 9.12. The summed E-state index contributed by atoms with van der Waals surface area (Å²) in [5, 5.41) is 7.58.